The zero-order valence-electron chi connectivity index (χ0n) is 11.8. The normalized spacial score (nSPS) is 10.8. The Morgan fingerprint density at radius 2 is 2.20 bits per heavy atom. The predicted molar refractivity (Wildman–Crippen MR) is 81.7 cm³/mol. The topological polar surface area (TPSA) is 47.3 Å². The van der Waals surface area contributed by atoms with Gasteiger partial charge in [0.25, 0.3) is 0 Å². The van der Waals surface area contributed by atoms with Crippen LogP contribution in [0.25, 0.3) is 0 Å². The number of nitrogens with zero attached hydrogens (tertiary/aromatic N) is 1. The summed E-state index contributed by atoms with van der Waals surface area (Å²) in [5.41, 5.74) is 1.94. The van der Waals surface area contributed by atoms with Crippen molar-refractivity contribution in [3.05, 3.63) is 45.8 Å². The van der Waals surface area contributed by atoms with Gasteiger partial charge in [0.1, 0.15) is 23.8 Å². The summed E-state index contributed by atoms with van der Waals surface area (Å²) in [4.78, 5) is 0. The Hall–Kier alpha value is -1.33. The molecule has 0 saturated carbocycles. The third-order valence-corrected chi connectivity index (χ3v) is 3.31. The lowest BCUT2D eigenvalue weighted by molar-refractivity contribution is 0.284. The lowest BCUT2D eigenvalue weighted by Gasteiger charge is -2.11. The van der Waals surface area contributed by atoms with Crippen molar-refractivity contribution in [2.24, 2.45) is 0 Å². The van der Waals surface area contributed by atoms with Gasteiger partial charge in [-0.05, 0) is 38.1 Å². The smallest absolute Gasteiger partial charge is 0.134 e. The molecular formula is C15H19BrN2O2. The molecule has 0 aliphatic heterocycles. The molecule has 108 valence electrons. The van der Waals surface area contributed by atoms with Crippen LogP contribution in [0.5, 0.6) is 5.75 Å². The first-order chi connectivity index (χ1) is 9.69. The van der Waals surface area contributed by atoms with Crippen molar-refractivity contribution >= 4 is 15.9 Å². The van der Waals surface area contributed by atoms with Gasteiger partial charge in [-0.15, -0.1) is 0 Å². The van der Waals surface area contributed by atoms with E-state index in [0.29, 0.717) is 6.61 Å². The fourth-order valence-corrected chi connectivity index (χ4v) is 2.27. The molecule has 2 rings (SSSR count). The summed E-state index contributed by atoms with van der Waals surface area (Å²) < 4.78 is 11.9. The molecule has 0 aliphatic carbocycles. The molecule has 0 radical (unpaired) electrons. The van der Waals surface area contributed by atoms with Crippen LogP contribution in [-0.4, -0.2) is 11.7 Å². The van der Waals surface area contributed by atoms with Gasteiger partial charge in [-0.3, -0.25) is 0 Å². The maximum Gasteiger partial charge on any atom is 0.134 e. The highest BCUT2D eigenvalue weighted by molar-refractivity contribution is 9.10. The molecule has 0 unspecified atom stereocenters. The molecule has 1 aromatic carbocycles. The number of rotatable bonds is 7. The van der Waals surface area contributed by atoms with Gasteiger partial charge < -0.3 is 14.6 Å². The molecule has 0 atom stereocenters. The fourth-order valence-electron chi connectivity index (χ4n) is 1.86. The summed E-state index contributed by atoms with van der Waals surface area (Å²) in [5, 5.41) is 7.31. The highest BCUT2D eigenvalue weighted by atomic mass is 79.9. The monoisotopic (exact) mass is 338 g/mol. The number of aromatic nitrogens is 1. The lowest BCUT2D eigenvalue weighted by atomic mass is 10.2. The van der Waals surface area contributed by atoms with Crippen LogP contribution in [0.1, 0.15) is 30.4 Å². The van der Waals surface area contributed by atoms with Crippen molar-refractivity contribution in [2.75, 3.05) is 6.54 Å². The zero-order chi connectivity index (χ0) is 14.4. The van der Waals surface area contributed by atoms with E-state index in [1.165, 1.54) is 0 Å². The minimum absolute atomic E-state index is 0.416. The maximum absolute atomic E-state index is 5.84. The van der Waals surface area contributed by atoms with Crippen molar-refractivity contribution < 1.29 is 9.26 Å². The van der Waals surface area contributed by atoms with Crippen LogP contribution in [0.15, 0.2) is 33.3 Å². The predicted octanol–water partition coefficient (Wildman–Crippen LogP) is 3.82. The third-order valence-electron chi connectivity index (χ3n) is 2.82. The number of hydrogen-bond donors (Lipinski definition) is 1. The average Bonchev–Trinajstić information content (AvgIpc) is 2.84. The Kier molecular flexibility index (Phi) is 5.61. The molecule has 5 heteroatoms. The van der Waals surface area contributed by atoms with Crippen molar-refractivity contribution in [3.63, 3.8) is 0 Å². The van der Waals surface area contributed by atoms with Gasteiger partial charge in [0.2, 0.25) is 0 Å². The molecule has 1 N–H and O–H groups in total. The lowest BCUT2D eigenvalue weighted by Crippen LogP contribution is -2.14. The van der Waals surface area contributed by atoms with E-state index in [2.05, 4.69) is 39.4 Å². The van der Waals surface area contributed by atoms with Crippen molar-refractivity contribution in [2.45, 2.75) is 33.4 Å². The van der Waals surface area contributed by atoms with Crippen LogP contribution in [-0.2, 0) is 13.2 Å². The Morgan fingerprint density at radius 1 is 1.35 bits per heavy atom. The molecule has 1 heterocycles. The van der Waals surface area contributed by atoms with Gasteiger partial charge >= 0.3 is 0 Å². The van der Waals surface area contributed by atoms with Gasteiger partial charge in [-0.1, -0.05) is 28.0 Å². The Labute approximate surface area is 127 Å². The van der Waals surface area contributed by atoms with Gasteiger partial charge in [0.05, 0.1) is 0 Å². The van der Waals surface area contributed by atoms with Crippen LogP contribution in [0, 0.1) is 6.92 Å². The zero-order valence-corrected chi connectivity index (χ0v) is 13.4. The Balaban J connectivity index is 2.01. The molecule has 1 aromatic heterocycles. The molecule has 0 saturated heterocycles. The van der Waals surface area contributed by atoms with E-state index in [-0.39, 0.29) is 0 Å². The van der Waals surface area contributed by atoms with E-state index < -0.39 is 0 Å². The quantitative estimate of drug-likeness (QED) is 0.779. The summed E-state index contributed by atoms with van der Waals surface area (Å²) in [6, 6.07) is 7.91. The number of ether oxygens (including phenoxy) is 1. The highest BCUT2D eigenvalue weighted by Gasteiger charge is 2.07. The fraction of sp³-hybridized carbons (Fsp3) is 0.400. The van der Waals surface area contributed by atoms with E-state index >= 15 is 0 Å². The average molecular weight is 339 g/mol. The van der Waals surface area contributed by atoms with E-state index in [9.17, 15) is 0 Å². The highest BCUT2D eigenvalue weighted by Crippen LogP contribution is 2.24. The number of nitrogens with one attached hydrogen (secondary N) is 1. The van der Waals surface area contributed by atoms with Gasteiger partial charge in [0.15, 0.2) is 0 Å². The summed E-state index contributed by atoms with van der Waals surface area (Å²) in [6.45, 7) is 6.23. The van der Waals surface area contributed by atoms with Gasteiger partial charge in [-0.2, -0.15) is 0 Å². The first-order valence-corrected chi connectivity index (χ1v) is 7.52. The minimum Gasteiger partial charge on any atom is -0.487 e. The molecule has 0 bridgehead atoms. The third kappa shape index (κ3) is 4.35. The minimum atomic E-state index is 0.416. The van der Waals surface area contributed by atoms with E-state index in [0.717, 1.165) is 46.8 Å². The SMILES string of the molecule is CCCNCc1cc(Br)ccc1OCc1cc(C)on1. The van der Waals surface area contributed by atoms with E-state index in [1.54, 1.807) is 0 Å². The van der Waals surface area contributed by atoms with Crippen molar-refractivity contribution in [1.29, 1.82) is 0 Å². The van der Waals surface area contributed by atoms with Crippen LogP contribution < -0.4 is 10.1 Å². The second kappa shape index (κ2) is 7.45. The number of benzene rings is 1. The second-order valence-electron chi connectivity index (χ2n) is 4.65. The molecule has 0 amide bonds. The Morgan fingerprint density at radius 3 is 2.90 bits per heavy atom. The molecule has 2 aromatic rings. The molecule has 0 spiro atoms. The summed E-state index contributed by atoms with van der Waals surface area (Å²) in [6.07, 6.45) is 1.11. The van der Waals surface area contributed by atoms with Gasteiger partial charge in [-0.25, -0.2) is 0 Å². The van der Waals surface area contributed by atoms with Crippen LogP contribution in [0.3, 0.4) is 0 Å². The van der Waals surface area contributed by atoms with Crippen molar-refractivity contribution in [1.82, 2.24) is 10.5 Å². The van der Waals surface area contributed by atoms with E-state index in [1.807, 2.05) is 25.1 Å². The molecule has 0 fully saturated rings. The first-order valence-electron chi connectivity index (χ1n) is 6.73. The number of hydrogen-bond acceptors (Lipinski definition) is 4. The summed E-state index contributed by atoms with van der Waals surface area (Å²) >= 11 is 3.49. The molecule has 20 heavy (non-hydrogen) atoms. The number of halogens is 1. The van der Waals surface area contributed by atoms with E-state index in [4.69, 9.17) is 9.26 Å². The first kappa shape index (κ1) is 15.1. The van der Waals surface area contributed by atoms with Crippen LogP contribution in [0.4, 0.5) is 0 Å². The standard InChI is InChI=1S/C15H19BrN2O2/c1-3-6-17-9-12-8-13(16)4-5-15(12)19-10-14-7-11(2)20-18-14/h4-5,7-8,17H,3,6,9-10H2,1-2H3. The summed E-state index contributed by atoms with van der Waals surface area (Å²) in [7, 11) is 0. The molecule has 4 nitrogen and oxygen atoms in total. The number of aryl methyl sites for hydroxylation is 1. The van der Waals surface area contributed by atoms with Crippen LogP contribution >= 0.6 is 15.9 Å². The largest absolute Gasteiger partial charge is 0.487 e. The maximum atomic E-state index is 5.84. The Bertz CT molecular complexity index is 555. The molecular weight excluding hydrogens is 320 g/mol. The van der Waals surface area contributed by atoms with Crippen LogP contribution in [0.2, 0.25) is 0 Å². The van der Waals surface area contributed by atoms with Crippen molar-refractivity contribution in [3.8, 4) is 5.75 Å². The second-order valence-corrected chi connectivity index (χ2v) is 5.56. The van der Waals surface area contributed by atoms with Gasteiger partial charge in [0, 0.05) is 22.6 Å². The molecule has 0 aliphatic rings. The summed E-state index contributed by atoms with van der Waals surface area (Å²) in [5.74, 6) is 1.67.